The van der Waals surface area contributed by atoms with E-state index in [9.17, 15) is 9.18 Å². The van der Waals surface area contributed by atoms with E-state index in [1.165, 1.54) is 24.5 Å². The zero-order valence-corrected chi connectivity index (χ0v) is 16.2. The van der Waals surface area contributed by atoms with Crippen molar-refractivity contribution in [1.29, 1.82) is 0 Å². The molecule has 2 N–H and O–H groups in total. The second-order valence-electron chi connectivity index (χ2n) is 7.52. The van der Waals surface area contributed by atoms with E-state index in [1.54, 1.807) is 12.1 Å². The van der Waals surface area contributed by atoms with Gasteiger partial charge in [-0.05, 0) is 34.7 Å². The largest absolute Gasteiger partial charge is 0.365 e. The summed E-state index contributed by atoms with van der Waals surface area (Å²) >= 11 is 0. The highest BCUT2D eigenvalue weighted by Crippen LogP contribution is 2.29. The highest BCUT2D eigenvalue weighted by atomic mass is 19.1. The van der Waals surface area contributed by atoms with Gasteiger partial charge in [-0.25, -0.2) is 14.4 Å². The first-order valence-electron chi connectivity index (χ1n) is 9.04. The standard InChI is InChI=1S/C22H23FN4O/c1-22(2,3)17-6-4-5-7-18(17)27-21(28)19-13-26-20(14-24-19)25-12-15-8-10-16(23)11-9-15/h4-11,13-14H,12H2,1-3H3,(H,25,26)(H,27,28). The predicted octanol–water partition coefficient (Wildman–Crippen LogP) is 4.78. The monoisotopic (exact) mass is 378 g/mol. The molecule has 0 saturated carbocycles. The van der Waals surface area contributed by atoms with E-state index in [0.717, 1.165) is 16.8 Å². The lowest BCUT2D eigenvalue weighted by Gasteiger charge is -2.22. The number of carbonyl (C=O) groups is 1. The second-order valence-corrected chi connectivity index (χ2v) is 7.52. The average molecular weight is 378 g/mol. The number of hydrogen-bond acceptors (Lipinski definition) is 4. The van der Waals surface area contributed by atoms with Crippen LogP contribution >= 0.6 is 0 Å². The molecule has 0 atom stereocenters. The van der Waals surface area contributed by atoms with Crippen molar-refractivity contribution in [2.45, 2.75) is 32.7 Å². The minimum atomic E-state index is -0.311. The molecule has 1 heterocycles. The van der Waals surface area contributed by atoms with Gasteiger partial charge in [0.25, 0.3) is 5.91 Å². The zero-order chi connectivity index (χ0) is 20.1. The molecule has 0 radical (unpaired) electrons. The molecule has 0 fully saturated rings. The minimum Gasteiger partial charge on any atom is -0.365 e. The summed E-state index contributed by atoms with van der Waals surface area (Å²) in [4.78, 5) is 21.0. The first kappa shape index (κ1) is 19.5. The summed E-state index contributed by atoms with van der Waals surface area (Å²) in [6, 6.07) is 13.9. The lowest BCUT2D eigenvalue weighted by atomic mass is 9.86. The van der Waals surface area contributed by atoms with Crippen molar-refractivity contribution in [2.75, 3.05) is 10.6 Å². The molecular formula is C22H23FN4O. The van der Waals surface area contributed by atoms with Gasteiger partial charge in [0.05, 0.1) is 12.4 Å². The third-order valence-corrected chi connectivity index (χ3v) is 4.25. The molecule has 0 bridgehead atoms. The molecule has 1 amide bonds. The maximum Gasteiger partial charge on any atom is 0.275 e. The smallest absolute Gasteiger partial charge is 0.275 e. The maximum absolute atomic E-state index is 12.9. The Hall–Kier alpha value is -3.28. The van der Waals surface area contributed by atoms with Crippen LogP contribution in [0.5, 0.6) is 0 Å². The maximum atomic E-state index is 12.9. The Morgan fingerprint density at radius 3 is 2.36 bits per heavy atom. The van der Waals surface area contributed by atoms with E-state index in [2.05, 4.69) is 41.4 Å². The lowest BCUT2D eigenvalue weighted by molar-refractivity contribution is 0.102. The molecule has 0 aliphatic heterocycles. The lowest BCUT2D eigenvalue weighted by Crippen LogP contribution is -2.19. The zero-order valence-electron chi connectivity index (χ0n) is 16.2. The SMILES string of the molecule is CC(C)(C)c1ccccc1NC(=O)c1cnc(NCc2ccc(F)cc2)cn1. The number of halogens is 1. The van der Waals surface area contributed by atoms with E-state index in [-0.39, 0.29) is 22.8 Å². The van der Waals surface area contributed by atoms with Crippen molar-refractivity contribution in [3.8, 4) is 0 Å². The molecule has 3 rings (SSSR count). The predicted molar refractivity (Wildman–Crippen MR) is 109 cm³/mol. The molecule has 2 aromatic carbocycles. The summed E-state index contributed by atoms with van der Waals surface area (Å²) in [5.41, 5.74) is 2.87. The van der Waals surface area contributed by atoms with Gasteiger partial charge in [-0.2, -0.15) is 0 Å². The number of nitrogens with one attached hydrogen (secondary N) is 2. The van der Waals surface area contributed by atoms with Gasteiger partial charge >= 0.3 is 0 Å². The van der Waals surface area contributed by atoms with Crippen LogP contribution in [-0.4, -0.2) is 15.9 Å². The van der Waals surface area contributed by atoms with Crippen molar-refractivity contribution in [3.05, 3.63) is 83.6 Å². The number of hydrogen-bond donors (Lipinski definition) is 2. The molecule has 3 aromatic rings. The van der Waals surface area contributed by atoms with Crippen molar-refractivity contribution in [2.24, 2.45) is 0 Å². The fraction of sp³-hybridized carbons (Fsp3) is 0.227. The fourth-order valence-electron chi connectivity index (χ4n) is 2.76. The number of aromatic nitrogens is 2. The number of anilines is 2. The van der Waals surface area contributed by atoms with Crippen LogP contribution in [0.3, 0.4) is 0 Å². The summed E-state index contributed by atoms with van der Waals surface area (Å²) in [7, 11) is 0. The van der Waals surface area contributed by atoms with Crippen LogP contribution < -0.4 is 10.6 Å². The fourth-order valence-corrected chi connectivity index (χ4v) is 2.76. The number of nitrogens with zero attached hydrogens (tertiary/aromatic N) is 2. The van der Waals surface area contributed by atoms with Gasteiger partial charge < -0.3 is 10.6 Å². The molecule has 5 nitrogen and oxygen atoms in total. The Morgan fingerprint density at radius 2 is 1.71 bits per heavy atom. The topological polar surface area (TPSA) is 66.9 Å². The van der Waals surface area contributed by atoms with E-state index in [0.29, 0.717) is 12.4 Å². The molecule has 0 aliphatic carbocycles. The Morgan fingerprint density at radius 1 is 1.00 bits per heavy atom. The van der Waals surface area contributed by atoms with Gasteiger partial charge in [0, 0.05) is 12.2 Å². The first-order chi connectivity index (χ1) is 13.3. The number of rotatable bonds is 5. The van der Waals surface area contributed by atoms with E-state index in [4.69, 9.17) is 0 Å². The number of para-hydroxylation sites is 1. The van der Waals surface area contributed by atoms with Gasteiger partial charge in [0.15, 0.2) is 0 Å². The molecule has 144 valence electrons. The molecule has 1 aromatic heterocycles. The number of benzene rings is 2. The summed E-state index contributed by atoms with van der Waals surface area (Å²) < 4.78 is 12.9. The van der Waals surface area contributed by atoms with Crippen LogP contribution in [0.2, 0.25) is 0 Å². The molecule has 0 aliphatic rings. The van der Waals surface area contributed by atoms with Crippen LogP contribution in [0.25, 0.3) is 0 Å². The molecule has 6 heteroatoms. The highest BCUT2D eigenvalue weighted by Gasteiger charge is 2.19. The van der Waals surface area contributed by atoms with Crippen molar-refractivity contribution in [3.63, 3.8) is 0 Å². The summed E-state index contributed by atoms with van der Waals surface area (Å²) in [6.07, 6.45) is 2.94. The van der Waals surface area contributed by atoms with Gasteiger partial charge in [-0.15, -0.1) is 0 Å². The van der Waals surface area contributed by atoms with Gasteiger partial charge in [-0.1, -0.05) is 51.1 Å². The Balaban J connectivity index is 1.65. The van der Waals surface area contributed by atoms with E-state index in [1.807, 2.05) is 24.3 Å². The van der Waals surface area contributed by atoms with Crippen molar-refractivity contribution < 1.29 is 9.18 Å². The Labute approximate surface area is 164 Å². The van der Waals surface area contributed by atoms with Crippen LogP contribution in [0.4, 0.5) is 15.9 Å². The highest BCUT2D eigenvalue weighted by molar-refractivity contribution is 6.03. The third-order valence-electron chi connectivity index (χ3n) is 4.25. The molecule has 0 saturated heterocycles. The van der Waals surface area contributed by atoms with Crippen LogP contribution in [0, 0.1) is 5.82 Å². The Bertz CT molecular complexity index is 948. The molecule has 0 unspecified atom stereocenters. The van der Waals surface area contributed by atoms with Crippen LogP contribution in [-0.2, 0) is 12.0 Å². The van der Waals surface area contributed by atoms with Gasteiger partial charge in [-0.3, -0.25) is 4.79 Å². The summed E-state index contributed by atoms with van der Waals surface area (Å²) in [5, 5.41) is 6.02. The number of carbonyl (C=O) groups excluding carboxylic acids is 1. The van der Waals surface area contributed by atoms with Crippen LogP contribution in [0.15, 0.2) is 60.9 Å². The second kappa shape index (κ2) is 8.17. The van der Waals surface area contributed by atoms with E-state index < -0.39 is 0 Å². The third kappa shape index (κ3) is 4.91. The van der Waals surface area contributed by atoms with Gasteiger partial charge in [0.2, 0.25) is 0 Å². The normalized spacial score (nSPS) is 11.1. The van der Waals surface area contributed by atoms with E-state index >= 15 is 0 Å². The number of amides is 1. The van der Waals surface area contributed by atoms with Gasteiger partial charge in [0.1, 0.15) is 17.3 Å². The molecular weight excluding hydrogens is 355 g/mol. The Kier molecular flexibility index (Phi) is 5.68. The average Bonchev–Trinajstić information content (AvgIpc) is 2.67. The quantitative estimate of drug-likeness (QED) is 0.671. The molecule has 0 spiro atoms. The molecule has 28 heavy (non-hydrogen) atoms. The van der Waals surface area contributed by atoms with Crippen molar-refractivity contribution in [1.82, 2.24) is 9.97 Å². The summed E-state index contributed by atoms with van der Waals surface area (Å²) in [6.45, 7) is 6.78. The summed E-state index contributed by atoms with van der Waals surface area (Å²) in [5.74, 6) is -0.0443. The van der Waals surface area contributed by atoms with Crippen molar-refractivity contribution >= 4 is 17.4 Å². The van der Waals surface area contributed by atoms with Crippen LogP contribution in [0.1, 0.15) is 42.4 Å². The minimum absolute atomic E-state index is 0.0936. The first-order valence-corrected chi connectivity index (χ1v) is 9.04.